The Labute approximate surface area is 154 Å². The molecule has 2 aromatic rings. The summed E-state index contributed by atoms with van der Waals surface area (Å²) in [5.74, 6) is 0.869. The monoisotopic (exact) mass is 375 g/mol. The van der Waals surface area contributed by atoms with Crippen LogP contribution >= 0.6 is 0 Å². The summed E-state index contributed by atoms with van der Waals surface area (Å²) < 4.78 is 11.0. The van der Waals surface area contributed by atoms with Crippen molar-refractivity contribution in [2.24, 2.45) is 5.10 Å². The lowest BCUT2D eigenvalue weighted by molar-refractivity contribution is -0.121. The van der Waals surface area contributed by atoms with E-state index >= 15 is 0 Å². The van der Waals surface area contributed by atoms with Crippen LogP contribution in [0.15, 0.2) is 32.9 Å². The van der Waals surface area contributed by atoms with E-state index in [1.807, 2.05) is 18.8 Å². The van der Waals surface area contributed by atoms with Crippen molar-refractivity contribution in [1.82, 2.24) is 20.6 Å². The summed E-state index contributed by atoms with van der Waals surface area (Å²) >= 11 is 0. The van der Waals surface area contributed by atoms with Crippen LogP contribution in [0.4, 0.5) is 0 Å². The van der Waals surface area contributed by atoms with E-state index in [0.29, 0.717) is 30.3 Å². The first-order chi connectivity index (χ1) is 13.0. The van der Waals surface area contributed by atoms with Crippen LogP contribution < -0.4 is 26.1 Å². The highest BCUT2D eigenvalue weighted by Gasteiger charge is 2.07. The molecule has 0 atom stereocenters. The molecule has 0 unspecified atom stereocenters. The Balaban J connectivity index is 1.94. The first-order valence-electron chi connectivity index (χ1n) is 8.43. The van der Waals surface area contributed by atoms with Gasteiger partial charge in [0, 0.05) is 24.5 Å². The number of ether oxygens (including phenoxy) is 2. The molecule has 10 heteroatoms. The minimum atomic E-state index is -0.696. The maximum absolute atomic E-state index is 11.8. The Bertz CT molecular complexity index is 918. The fourth-order valence-corrected chi connectivity index (χ4v) is 2.16. The molecular formula is C17H21N5O5. The highest BCUT2D eigenvalue weighted by atomic mass is 16.5. The first-order valence-corrected chi connectivity index (χ1v) is 8.43. The maximum atomic E-state index is 11.8. The minimum absolute atomic E-state index is 0.0128. The van der Waals surface area contributed by atoms with Crippen molar-refractivity contribution in [3.05, 3.63) is 50.3 Å². The van der Waals surface area contributed by atoms with Crippen molar-refractivity contribution in [1.29, 1.82) is 0 Å². The Hall–Kier alpha value is -3.43. The zero-order valence-electron chi connectivity index (χ0n) is 15.1. The number of nitrogens with zero attached hydrogens (tertiary/aromatic N) is 2. The van der Waals surface area contributed by atoms with Crippen LogP contribution in [0, 0.1) is 0 Å². The van der Waals surface area contributed by atoms with Crippen LogP contribution in [0.3, 0.4) is 0 Å². The summed E-state index contributed by atoms with van der Waals surface area (Å²) in [6.07, 6.45) is 1.52. The SMILES string of the molecule is CCOc1ccc(/C=N/NC(=O)CCc2n[nH]c(=O)[nH]c2=O)c(OCC)c1. The average Bonchev–Trinajstić information content (AvgIpc) is 2.63. The molecule has 1 aromatic heterocycles. The van der Waals surface area contributed by atoms with E-state index < -0.39 is 17.2 Å². The van der Waals surface area contributed by atoms with E-state index in [-0.39, 0.29) is 18.5 Å². The Morgan fingerprint density at radius 3 is 2.74 bits per heavy atom. The van der Waals surface area contributed by atoms with E-state index in [2.05, 4.69) is 20.7 Å². The molecule has 1 aromatic carbocycles. The number of amides is 1. The zero-order valence-corrected chi connectivity index (χ0v) is 15.1. The number of nitrogens with one attached hydrogen (secondary N) is 3. The molecule has 10 nitrogen and oxygen atoms in total. The number of carbonyl (C=O) groups excluding carboxylic acids is 1. The summed E-state index contributed by atoms with van der Waals surface area (Å²) in [6.45, 7) is 4.77. The molecule has 0 saturated carbocycles. The molecule has 3 N–H and O–H groups in total. The summed E-state index contributed by atoms with van der Waals surface area (Å²) in [4.78, 5) is 36.3. The van der Waals surface area contributed by atoms with Crippen molar-refractivity contribution < 1.29 is 14.3 Å². The van der Waals surface area contributed by atoms with Gasteiger partial charge in [-0.3, -0.25) is 14.6 Å². The van der Waals surface area contributed by atoms with Gasteiger partial charge >= 0.3 is 5.69 Å². The molecule has 0 saturated heterocycles. The van der Waals surface area contributed by atoms with E-state index in [4.69, 9.17) is 9.47 Å². The van der Waals surface area contributed by atoms with Crippen molar-refractivity contribution in [3.8, 4) is 11.5 Å². The number of H-pyrrole nitrogens is 2. The van der Waals surface area contributed by atoms with Gasteiger partial charge in [0.25, 0.3) is 5.56 Å². The molecule has 0 bridgehead atoms. The molecule has 0 aliphatic rings. The highest BCUT2D eigenvalue weighted by molar-refractivity contribution is 5.85. The number of benzene rings is 1. The minimum Gasteiger partial charge on any atom is -0.494 e. The van der Waals surface area contributed by atoms with Gasteiger partial charge in [-0.1, -0.05) is 0 Å². The lowest BCUT2D eigenvalue weighted by Crippen LogP contribution is -2.28. The molecule has 144 valence electrons. The number of aromatic amines is 2. The normalized spacial score (nSPS) is 10.7. The molecular weight excluding hydrogens is 354 g/mol. The molecule has 0 fully saturated rings. The van der Waals surface area contributed by atoms with E-state index in [0.717, 1.165) is 0 Å². The molecule has 1 heterocycles. The van der Waals surface area contributed by atoms with E-state index in [1.165, 1.54) is 6.21 Å². The van der Waals surface area contributed by atoms with Crippen LogP contribution in [0.25, 0.3) is 0 Å². The molecule has 0 aliphatic heterocycles. The third kappa shape index (κ3) is 6.10. The van der Waals surface area contributed by atoms with Gasteiger partial charge in [0.05, 0.1) is 19.4 Å². The zero-order chi connectivity index (χ0) is 19.6. The van der Waals surface area contributed by atoms with Crippen LogP contribution in [-0.2, 0) is 11.2 Å². The van der Waals surface area contributed by atoms with Crippen LogP contribution in [0.5, 0.6) is 11.5 Å². The fraction of sp³-hybridized carbons (Fsp3) is 0.353. The molecule has 2 rings (SSSR count). The van der Waals surface area contributed by atoms with Gasteiger partial charge in [0.2, 0.25) is 5.91 Å². The Morgan fingerprint density at radius 2 is 2.04 bits per heavy atom. The van der Waals surface area contributed by atoms with Crippen molar-refractivity contribution in [2.45, 2.75) is 26.7 Å². The lowest BCUT2D eigenvalue weighted by atomic mass is 10.2. The number of hydrogen-bond acceptors (Lipinski definition) is 7. The highest BCUT2D eigenvalue weighted by Crippen LogP contribution is 2.23. The summed E-state index contributed by atoms with van der Waals surface area (Å²) in [7, 11) is 0. The largest absolute Gasteiger partial charge is 0.494 e. The van der Waals surface area contributed by atoms with Gasteiger partial charge in [-0.05, 0) is 26.0 Å². The lowest BCUT2D eigenvalue weighted by Gasteiger charge is -2.10. The van der Waals surface area contributed by atoms with E-state index in [1.54, 1.807) is 18.2 Å². The second-order valence-electron chi connectivity index (χ2n) is 5.31. The summed E-state index contributed by atoms with van der Waals surface area (Å²) in [5.41, 5.74) is 1.81. The van der Waals surface area contributed by atoms with E-state index in [9.17, 15) is 14.4 Å². The fourth-order valence-electron chi connectivity index (χ4n) is 2.16. The molecule has 0 spiro atoms. The van der Waals surface area contributed by atoms with Gasteiger partial charge in [-0.2, -0.15) is 10.2 Å². The van der Waals surface area contributed by atoms with Crippen LogP contribution in [0.2, 0.25) is 0 Å². The Morgan fingerprint density at radius 1 is 1.26 bits per heavy atom. The number of aromatic nitrogens is 3. The number of hydrogen-bond donors (Lipinski definition) is 3. The summed E-state index contributed by atoms with van der Waals surface area (Å²) in [5, 5.41) is 9.62. The smallest absolute Gasteiger partial charge is 0.342 e. The van der Waals surface area contributed by atoms with Gasteiger partial charge in [-0.25, -0.2) is 15.3 Å². The average molecular weight is 375 g/mol. The van der Waals surface area contributed by atoms with Crippen LogP contribution in [0.1, 0.15) is 31.5 Å². The number of aryl methyl sites for hydroxylation is 1. The predicted molar refractivity (Wildman–Crippen MR) is 98.3 cm³/mol. The second-order valence-corrected chi connectivity index (χ2v) is 5.31. The molecule has 1 amide bonds. The predicted octanol–water partition coefficient (Wildman–Crippen LogP) is 0.339. The molecule has 0 aliphatic carbocycles. The topological polar surface area (TPSA) is 139 Å². The third-order valence-corrected chi connectivity index (χ3v) is 3.36. The van der Waals surface area contributed by atoms with Gasteiger partial charge in [-0.15, -0.1) is 0 Å². The Kier molecular flexibility index (Phi) is 7.29. The number of rotatable bonds is 9. The maximum Gasteiger partial charge on any atom is 0.342 e. The van der Waals surface area contributed by atoms with Gasteiger partial charge in [0.15, 0.2) is 0 Å². The molecule has 27 heavy (non-hydrogen) atoms. The number of carbonyl (C=O) groups is 1. The quantitative estimate of drug-likeness (QED) is 0.427. The standard InChI is InChI=1S/C17H21N5O5/c1-3-26-12-6-5-11(14(9-12)27-4-2)10-18-21-15(23)8-7-13-16(24)19-17(25)22-20-13/h5-6,9-10H,3-4,7-8H2,1-2H3,(H,21,23)(H2,19,22,24,25)/b18-10+. The first kappa shape index (κ1) is 19.9. The molecule has 0 radical (unpaired) electrons. The summed E-state index contributed by atoms with van der Waals surface area (Å²) in [6, 6.07) is 5.31. The number of hydrazone groups is 1. The van der Waals surface area contributed by atoms with Gasteiger partial charge < -0.3 is 9.47 Å². The van der Waals surface area contributed by atoms with Crippen LogP contribution in [-0.4, -0.2) is 40.5 Å². The third-order valence-electron chi connectivity index (χ3n) is 3.36. The second kappa shape index (κ2) is 9.90. The van der Waals surface area contributed by atoms with Crippen molar-refractivity contribution in [3.63, 3.8) is 0 Å². The van der Waals surface area contributed by atoms with Crippen molar-refractivity contribution in [2.75, 3.05) is 13.2 Å². The van der Waals surface area contributed by atoms with Crippen molar-refractivity contribution >= 4 is 12.1 Å². The van der Waals surface area contributed by atoms with Gasteiger partial charge in [0.1, 0.15) is 17.2 Å².